The summed E-state index contributed by atoms with van der Waals surface area (Å²) in [5, 5.41) is 1.25. The molecule has 1 saturated heterocycles. The summed E-state index contributed by atoms with van der Waals surface area (Å²) in [5.74, 6) is 0. The number of nitrogens with zero attached hydrogens (tertiary/aromatic N) is 1. The van der Waals surface area contributed by atoms with Crippen LogP contribution < -0.4 is 21.6 Å². The van der Waals surface area contributed by atoms with Crippen LogP contribution in [0.1, 0.15) is 72.1 Å². The molecule has 0 saturated carbocycles. The van der Waals surface area contributed by atoms with Gasteiger partial charge in [0.2, 0.25) is 0 Å². The van der Waals surface area contributed by atoms with E-state index in [0.29, 0.717) is 19.3 Å². The molecule has 3 aromatic rings. The Kier molecular flexibility index (Phi) is 13.5. The van der Waals surface area contributed by atoms with Crippen molar-refractivity contribution in [2.24, 2.45) is 0 Å². The van der Waals surface area contributed by atoms with Gasteiger partial charge in [-0.3, -0.25) is 18.5 Å². The first-order chi connectivity index (χ1) is 24.4. The van der Waals surface area contributed by atoms with E-state index < -0.39 is 64.3 Å². The molecule has 1 aromatic heterocycles. The average molecular weight is 771 g/mol. The lowest BCUT2D eigenvalue weighted by molar-refractivity contribution is -0.169. The zero-order valence-corrected chi connectivity index (χ0v) is 32.2. The molecule has 2 unspecified atom stereocenters. The minimum Gasteiger partial charge on any atom is -0.404 e. The summed E-state index contributed by atoms with van der Waals surface area (Å²) in [6.45, 7) is 10.9. The van der Waals surface area contributed by atoms with Crippen molar-refractivity contribution in [2.45, 2.75) is 102 Å². The van der Waals surface area contributed by atoms with Gasteiger partial charge in [-0.15, -0.1) is 0 Å². The standard InChI is InChI=1S/C36H49F3N2O9SSi/c1-7-9-21-46-24-35(25-48-52(34(4,5)6,27-17-13-11-14-18-27)28-19-15-12-16-20-28)30(47-22-10-8-2)29(50-51(44,45)36(37,38)39)32(49-35)41-23-26(3)31(42)40-33(41)43/h11-20,23,29-30,32H,7-10,21-22,24-25H2,1-6H3,(H,40,42,43)/t29?,30?,32-,35+/m1/s1. The van der Waals surface area contributed by atoms with Crippen molar-refractivity contribution in [2.75, 3.05) is 26.4 Å². The normalized spacial score (nSPS) is 21.4. The van der Waals surface area contributed by atoms with Crippen LogP contribution in [-0.4, -0.2) is 76.0 Å². The number of unbranched alkanes of at least 4 members (excludes halogenated alkanes) is 2. The number of benzene rings is 2. The van der Waals surface area contributed by atoms with Crippen molar-refractivity contribution in [3.63, 3.8) is 0 Å². The molecule has 1 N–H and O–H groups in total. The molecule has 4 rings (SSSR count). The Morgan fingerprint density at radius 2 is 1.46 bits per heavy atom. The molecule has 2 aromatic carbocycles. The topological polar surface area (TPSA) is 135 Å². The summed E-state index contributed by atoms with van der Waals surface area (Å²) in [6, 6.07) is 19.2. The number of H-pyrrole nitrogens is 1. The number of alkyl halides is 3. The number of ether oxygens (including phenoxy) is 3. The highest BCUT2D eigenvalue weighted by atomic mass is 32.2. The average Bonchev–Trinajstić information content (AvgIpc) is 3.36. The monoisotopic (exact) mass is 770 g/mol. The molecular weight excluding hydrogens is 722 g/mol. The largest absolute Gasteiger partial charge is 0.523 e. The molecule has 0 aliphatic carbocycles. The van der Waals surface area contributed by atoms with Gasteiger partial charge in [-0.25, -0.2) is 4.79 Å². The van der Waals surface area contributed by atoms with Gasteiger partial charge in [0.25, 0.3) is 13.9 Å². The van der Waals surface area contributed by atoms with Gasteiger partial charge in [-0.2, -0.15) is 21.6 Å². The van der Waals surface area contributed by atoms with Crippen molar-refractivity contribution >= 4 is 28.8 Å². The lowest BCUT2D eigenvalue weighted by Crippen LogP contribution is -2.68. The lowest BCUT2D eigenvalue weighted by atomic mass is 9.96. The fraction of sp³-hybridized carbons (Fsp3) is 0.556. The van der Waals surface area contributed by atoms with Crippen LogP contribution in [0.5, 0.6) is 0 Å². The van der Waals surface area contributed by atoms with Crippen LogP contribution in [0.2, 0.25) is 5.04 Å². The third-order valence-electron chi connectivity index (χ3n) is 9.13. The Morgan fingerprint density at radius 3 is 1.98 bits per heavy atom. The van der Waals surface area contributed by atoms with Crippen molar-refractivity contribution in [3.05, 3.63) is 93.3 Å². The van der Waals surface area contributed by atoms with E-state index in [-0.39, 0.29) is 32.0 Å². The number of hydrogen-bond acceptors (Lipinski definition) is 9. The minimum absolute atomic E-state index is 0.0152. The van der Waals surface area contributed by atoms with Gasteiger partial charge in [-0.05, 0) is 35.2 Å². The zero-order valence-electron chi connectivity index (χ0n) is 30.4. The van der Waals surface area contributed by atoms with Gasteiger partial charge >= 0.3 is 21.3 Å². The predicted molar refractivity (Wildman–Crippen MR) is 193 cm³/mol. The predicted octanol–water partition coefficient (Wildman–Crippen LogP) is 4.93. The number of nitrogens with one attached hydrogen (secondary N) is 1. The molecule has 16 heteroatoms. The minimum atomic E-state index is -6.27. The maximum atomic E-state index is 14.0. The first kappa shape index (κ1) is 41.6. The second-order valence-corrected chi connectivity index (χ2v) is 19.9. The molecule has 1 aliphatic rings. The van der Waals surface area contributed by atoms with E-state index in [1.807, 2.05) is 95.3 Å². The molecule has 2 heterocycles. The van der Waals surface area contributed by atoms with Crippen LogP contribution >= 0.6 is 0 Å². The smallest absolute Gasteiger partial charge is 0.404 e. The molecule has 0 amide bonds. The molecular formula is C36H49F3N2O9SSi. The Balaban J connectivity index is 1.99. The number of rotatable bonds is 17. The fourth-order valence-electron chi connectivity index (χ4n) is 6.47. The van der Waals surface area contributed by atoms with E-state index in [9.17, 15) is 31.2 Å². The van der Waals surface area contributed by atoms with E-state index >= 15 is 0 Å². The number of hydrogen-bond donors (Lipinski definition) is 1. The number of halogens is 3. The van der Waals surface area contributed by atoms with E-state index in [4.69, 9.17) is 22.8 Å². The van der Waals surface area contributed by atoms with E-state index in [2.05, 4.69) is 4.98 Å². The molecule has 11 nitrogen and oxygen atoms in total. The van der Waals surface area contributed by atoms with Crippen molar-refractivity contribution in [3.8, 4) is 0 Å². The highest BCUT2D eigenvalue weighted by molar-refractivity contribution is 7.87. The summed E-state index contributed by atoms with van der Waals surface area (Å²) in [5.41, 5.74) is -9.41. The van der Waals surface area contributed by atoms with Crippen molar-refractivity contribution in [1.82, 2.24) is 9.55 Å². The summed E-state index contributed by atoms with van der Waals surface area (Å²) in [7, 11) is -9.63. The summed E-state index contributed by atoms with van der Waals surface area (Å²) in [6.07, 6.45) is -1.87. The van der Waals surface area contributed by atoms with Crippen LogP contribution in [0.15, 0.2) is 76.4 Å². The zero-order chi connectivity index (χ0) is 38.4. The lowest BCUT2D eigenvalue weighted by Gasteiger charge is -2.45. The molecule has 1 aliphatic heterocycles. The summed E-state index contributed by atoms with van der Waals surface area (Å²) in [4.78, 5) is 27.8. The maximum absolute atomic E-state index is 14.0. The first-order valence-corrected chi connectivity index (χ1v) is 20.7. The van der Waals surface area contributed by atoms with Crippen LogP contribution in [0, 0.1) is 6.92 Å². The van der Waals surface area contributed by atoms with Gasteiger partial charge < -0.3 is 18.6 Å². The molecule has 288 valence electrons. The molecule has 52 heavy (non-hydrogen) atoms. The van der Waals surface area contributed by atoms with Crippen LogP contribution in [-0.2, 0) is 32.9 Å². The van der Waals surface area contributed by atoms with Gasteiger partial charge in [0.15, 0.2) is 12.3 Å². The Morgan fingerprint density at radius 1 is 0.904 bits per heavy atom. The maximum Gasteiger partial charge on any atom is 0.523 e. The van der Waals surface area contributed by atoms with Gasteiger partial charge in [0.1, 0.15) is 11.7 Å². The third-order valence-corrected chi connectivity index (χ3v) is 15.2. The summed E-state index contributed by atoms with van der Waals surface area (Å²) < 4.78 is 99.5. The van der Waals surface area contributed by atoms with E-state index in [0.717, 1.165) is 27.6 Å². The van der Waals surface area contributed by atoms with Gasteiger partial charge in [0, 0.05) is 25.0 Å². The second-order valence-electron chi connectivity index (χ2n) is 14.0. The van der Waals surface area contributed by atoms with Gasteiger partial charge in [-0.1, -0.05) is 108 Å². The molecule has 4 atom stereocenters. The third kappa shape index (κ3) is 8.80. The Hall–Kier alpha value is -3.12. The molecule has 0 bridgehead atoms. The van der Waals surface area contributed by atoms with Crippen LogP contribution in [0.3, 0.4) is 0 Å². The Bertz CT molecular complexity index is 1790. The van der Waals surface area contributed by atoms with Crippen LogP contribution in [0.4, 0.5) is 13.2 Å². The SMILES string of the molecule is CCCCOC[C@@]1(CO[Si](c2ccccc2)(c2ccccc2)C(C)(C)C)O[C@@H](n2cc(C)c(=O)[nH]c2=O)C(OS(=O)(=O)C(F)(F)F)C1OCCCC. The highest BCUT2D eigenvalue weighted by Gasteiger charge is 2.63. The van der Waals surface area contributed by atoms with Crippen LogP contribution in [0.25, 0.3) is 0 Å². The molecule has 1 fully saturated rings. The van der Waals surface area contributed by atoms with Crippen molar-refractivity contribution < 1.29 is 44.4 Å². The number of aromatic nitrogens is 2. The number of aryl methyl sites for hydroxylation is 1. The molecule has 0 radical (unpaired) electrons. The van der Waals surface area contributed by atoms with E-state index in [1.54, 1.807) is 0 Å². The quantitative estimate of drug-likeness (QED) is 0.0879. The highest BCUT2D eigenvalue weighted by Crippen LogP contribution is 2.45. The molecule has 0 spiro atoms. The Labute approximate surface area is 303 Å². The van der Waals surface area contributed by atoms with Crippen molar-refractivity contribution in [1.29, 1.82) is 0 Å². The second kappa shape index (κ2) is 16.9. The van der Waals surface area contributed by atoms with E-state index in [1.165, 1.54) is 6.92 Å². The van der Waals surface area contributed by atoms with Gasteiger partial charge in [0.05, 0.1) is 13.2 Å². The first-order valence-electron chi connectivity index (χ1n) is 17.4. The fourth-order valence-corrected chi connectivity index (χ4v) is 11.7. The summed E-state index contributed by atoms with van der Waals surface area (Å²) >= 11 is 0. The number of aromatic amines is 1.